The third kappa shape index (κ3) is 5.16. The van der Waals surface area contributed by atoms with Gasteiger partial charge in [-0.25, -0.2) is 28.9 Å². The summed E-state index contributed by atoms with van der Waals surface area (Å²) in [5.74, 6) is -0.400. The summed E-state index contributed by atoms with van der Waals surface area (Å²) in [5.41, 5.74) is 2.63. The number of nitrogens with zero attached hydrogens (tertiary/aromatic N) is 3. The van der Waals surface area contributed by atoms with Crippen molar-refractivity contribution in [1.82, 2.24) is 24.5 Å². The summed E-state index contributed by atoms with van der Waals surface area (Å²) in [7, 11) is -3.96. The van der Waals surface area contributed by atoms with E-state index in [2.05, 4.69) is 9.97 Å². The predicted octanol–water partition coefficient (Wildman–Crippen LogP) is -5.38. The molecule has 1 atom stereocenters. The molecule has 0 aliphatic rings. The van der Waals surface area contributed by atoms with Gasteiger partial charge in [0, 0.05) is 6.54 Å². The van der Waals surface area contributed by atoms with Crippen LogP contribution in [-0.4, -0.2) is 58.8 Å². The van der Waals surface area contributed by atoms with Crippen LogP contribution in [0.4, 0.5) is 5.95 Å². The largest absolute Gasteiger partial charge is 0.508 e. The first kappa shape index (κ1) is 21.6. The summed E-state index contributed by atoms with van der Waals surface area (Å²) < 4.78 is 0.857. The Morgan fingerprint density at radius 2 is 1.50 bits per heavy atom. The molecule has 2 heterocycles. The lowest BCUT2D eigenvalue weighted by molar-refractivity contribution is 0.418. The van der Waals surface area contributed by atoms with Gasteiger partial charge in [0.25, 0.3) is 0 Å². The second-order valence-electron chi connectivity index (χ2n) is 6.35. The van der Waals surface area contributed by atoms with Gasteiger partial charge in [-0.1, -0.05) is 6.92 Å². The Balaban J connectivity index is 2.13. The Morgan fingerprint density at radius 3 is 1.96 bits per heavy atom. The van der Waals surface area contributed by atoms with Crippen LogP contribution in [0.15, 0.2) is 14.4 Å². The van der Waals surface area contributed by atoms with Crippen LogP contribution in [-0.2, 0) is 13.0 Å². The van der Waals surface area contributed by atoms with Crippen LogP contribution in [0.5, 0.6) is 0 Å². The van der Waals surface area contributed by atoms with E-state index in [4.69, 9.17) is 5.73 Å². The maximum atomic E-state index is 11.7. The zero-order valence-corrected chi connectivity index (χ0v) is 15.0. The maximum Gasteiger partial charge on any atom is 0.508 e. The van der Waals surface area contributed by atoms with E-state index in [1.807, 2.05) is 16.9 Å². The fraction of sp³-hybridized carbons (Fsp3) is 0.462. The highest BCUT2D eigenvalue weighted by Gasteiger charge is 2.28. The van der Waals surface area contributed by atoms with Gasteiger partial charge in [-0.3, -0.25) is 9.97 Å². The molecule has 0 saturated carbocycles. The van der Waals surface area contributed by atoms with Gasteiger partial charge in [0.1, 0.15) is 0 Å². The molecule has 15 heteroatoms. The first-order valence-electron chi connectivity index (χ1n) is 8.42. The smallest absolute Gasteiger partial charge is 0.422 e. The van der Waals surface area contributed by atoms with Gasteiger partial charge in [-0.2, -0.15) is 0 Å². The number of nitrogens with one attached hydrogen (secondary N) is 2. The summed E-state index contributed by atoms with van der Waals surface area (Å²) in [6, 6.07) is 0. The minimum absolute atomic E-state index is 0.0509. The molecule has 0 saturated heterocycles. The van der Waals surface area contributed by atoms with Crippen LogP contribution in [0.3, 0.4) is 0 Å². The monoisotopic (exact) mass is 394 g/mol. The van der Waals surface area contributed by atoms with E-state index in [-0.39, 0.29) is 41.6 Å². The Kier molecular flexibility index (Phi) is 6.90. The molecule has 2 aromatic rings. The van der Waals surface area contributed by atoms with Crippen molar-refractivity contribution in [2.45, 2.75) is 32.7 Å². The molecule has 28 heavy (non-hydrogen) atoms. The number of aromatic amines is 2. The fourth-order valence-electron chi connectivity index (χ4n) is 2.76. The van der Waals surface area contributed by atoms with E-state index in [0.29, 0.717) is 12.8 Å². The number of aromatic nitrogens is 5. The average molecular weight is 394 g/mol. The molecule has 0 aliphatic carbocycles. The molecule has 0 aliphatic heterocycles. The Morgan fingerprint density at radius 1 is 1.00 bits per heavy atom. The lowest BCUT2D eigenvalue weighted by Crippen LogP contribution is -2.47. The molecule has 0 amide bonds. The lowest BCUT2D eigenvalue weighted by atomic mass is 9.73. The zero-order chi connectivity index (χ0) is 21.0. The fourth-order valence-corrected chi connectivity index (χ4v) is 2.76. The highest BCUT2D eigenvalue weighted by molar-refractivity contribution is 6.62. The Bertz CT molecular complexity index is 939. The molecule has 13 nitrogen and oxygen atoms in total. The van der Waals surface area contributed by atoms with Crippen molar-refractivity contribution < 1.29 is 20.1 Å². The Labute approximate surface area is 158 Å². The molecule has 2 rings (SSSR count). The number of rotatable bonds is 8. The van der Waals surface area contributed by atoms with Gasteiger partial charge in [0.15, 0.2) is 0 Å². The topological polar surface area (TPSA) is 220 Å². The van der Waals surface area contributed by atoms with Crippen molar-refractivity contribution in [3.05, 3.63) is 37.0 Å². The molecule has 0 radical (unpaired) electrons. The highest BCUT2D eigenvalue weighted by Crippen LogP contribution is 2.12. The van der Waals surface area contributed by atoms with Crippen molar-refractivity contribution in [2.24, 2.45) is 5.92 Å². The van der Waals surface area contributed by atoms with Crippen molar-refractivity contribution in [3.8, 4) is 0 Å². The van der Waals surface area contributed by atoms with Crippen molar-refractivity contribution in [1.29, 1.82) is 0 Å². The number of anilines is 1. The maximum absolute atomic E-state index is 11.7. The Hall–Kier alpha value is -2.74. The van der Waals surface area contributed by atoms with Gasteiger partial charge in [0.2, 0.25) is 5.95 Å². The molecule has 0 fully saturated rings. The summed E-state index contributed by atoms with van der Waals surface area (Å²) in [4.78, 5) is 45.8. The molecule has 1 unspecified atom stereocenters. The second-order valence-corrected chi connectivity index (χ2v) is 6.35. The SMILES string of the molecule is CC(CCc1c(B(O)O)nc(N)nc1B(O)O)CCn1c(=O)[nH]c(=O)[nH]c1=O. The van der Waals surface area contributed by atoms with Crippen LogP contribution in [0, 0.1) is 5.92 Å². The first-order valence-corrected chi connectivity index (χ1v) is 8.42. The number of H-pyrrole nitrogens is 2. The average Bonchev–Trinajstić information content (AvgIpc) is 2.58. The molecule has 0 spiro atoms. The van der Waals surface area contributed by atoms with Crippen LogP contribution >= 0.6 is 0 Å². The van der Waals surface area contributed by atoms with Crippen molar-refractivity contribution in [2.75, 3.05) is 5.73 Å². The van der Waals surface area contributed by atoms with Gasteiger partial charge < -0.3 is 25.8 Å². The minimum atomic E-state index is -1.98. The van der Waals surface area contributed by atoms with E-state index in [0.717, 1.165) is 4.57 Å². The summed E-state index contributed by atoms with van der Waals surface area (Å²) in [5, 5.41) is 37.9. The predicted molar refractivity (Wildman–Crippen MR) is 100 cm³/mol. The highest BCUT2D eigenvalue weighted by atomic mass is 16.4. The number of hydrogen-bond donors (Lipinski definition) is 7. The van der Waals surface area contributed by atoms with Crippen LogP contribution < -0.4 is 34.0 Å². The summed E-state index contributed by atoms with van der Waals surface area (Å²) in [6.07, 6.45) is 0.972. The first-order chi connectivity index (χ1) is 13.1. The van der Waals surface area contributed by atoms with E-state index >= 15 is 0 Å². The zero-order valence-electron chi connectivity index (χ0n) is 15.0. The normalized spacial score (nSPS) is 12.0. The van der Waals surface area contributed by atoms with E-state index in [1.165, 1.54) is 0 Å². The quantitative estimate of drug-likeness (QED) is 0.211. The molecule has 8 N–H and O–H groups in total. The third-order valence-electron chi connectivity index (χ3n) is 4.24. The standard InChI is InChI=1S/C13H20B2N6O7/c1-6(4-5-21-12(23)19-11(22)20-13(21)24)2-3-7-8(14(25)26)17-10(16)18-9(7)15(27)28/h6,25-28H,2-5H2,1H3,(H2,16,17,18)(H2,19,20,22,23,24). The molecular formula is C13H20B2N6O7. The number of nitrogen functional groups attached to an aromatic ring is 1. The van der Waals surface area contributed by atoms with E-state index in [9.17, 15) is 34.5 Å². The van der Waals surface area contributed by atoms with E-state index in [1.54, 1.807) is 0 Å². The summed E-state index contributed by atoms with van der Waals surface area (Å²) >= 11 is 0. The molecular weight excluding hydrogens is 374 g/mol. The van der Waals surface area contributed by atoms with Crippen LogP contribution in [0.2, 0.25) is 0 Å². The van der Waals surface area contributed by atoms with Gasteiger partial charge in [0.05, 0.1) is 11.2 Å². The van der Waals surface area contributed by atoms with Gasteiger partial charge >= 0.3 is 31.3 Å². The number of hydrogen-bond acceptors (Lipinski definition) is 10. The van der Waals surface area contributed by atoms with Gasteiger partial charge in [-0.05, 0) is 30.7 Å². The van der Waals surface area contributed by atoms with Gasteiger partial charge in [-0.15, -0.1) is 0 Å². The summed E-state index contributed by atoms with van der Waals surface area (Å²) in [6.45, 7) is 1.88. The molecule has 0 bridgehead atoms. The molecule has 150 valence electrons. The lowest BCUT2D eigenvalue weighted by Gasteiger charge is -2.16. The molecule has 0 aromatic carbocycles. The van der Waals surface area contributed by atoms with Crippen molar-refractivity contribution >= 4 is 31.4 Å². The number of nitrogens with two attached hydrogens (primary N) is 1. The van der Waals surface area contributed by atoms with Crippen LogP contribution in [0.1, 0.15) is 25.3 Å². The second kappa shape index (κ2) is 8.97. The minimum Gasteiger partial charge on any atom is -0.422 e. The van der Waals surface area contributed by atoms with Crippen molar-refractivity contribution in [3.63, 3.8) is 0 Å². The van der Waals surface area contributed by atoms with Crippen LogP contribution in [0.25, 0.3) is 0 Å². The van der Waals surface area contributed by atoms with E-state index < -0.39 is 31.3 Å². The molecule has 2 aromatic heterocycles. The third-order valence-corrected chi connectivity index (χ3v) is 4.24.